The molecule has 2 rings (SSSR count). The number of rotatable bonds is 4. The summed E-state index contributed by atoms with van der Waals surface area (Å²) < 4.78 is 1.58. The number of carbonyl (C=O) groups is 1. The molecule has 1 amide bonds. The standard InChI is InChI=1S/C15H24N4O2/c1-17(2)15(21)11-19-8-6-12(7-9-19)16-13-4-5-14(20)18(3)10-13/h4-5,10,12,16H,6-9,11H2,1-3H3. The number of amides is 1. The van der Waals surface area contributed by atoms with Crippen molar-refractivity contribution in [2.45, 2.75) is 18.9 Å². The van der Waals surface area contributed by atoms with Crippen LogP contribution in [0, 0.1) is 0 Å². The van der Waals surface area contributed by atoms with Gasteiger partial charge in [-0.1, -0.05) is 0 Å². The Labute approximate surface area is 125 Å². The zero-order valence-electron chi connectivity index (χ0n) is 13.0. The van der Waals surface area contributed by atoms with Crippen molar-refractivity contribution in [2.75, 3.05) is 39.0 Å². The number of anilines is 1. The molecule has 1 aliphatic heterocycles. The summed E-state index contributed by atoms with van der Waals surface area (Å²) in [5, 5.41) is 3.46. The molecule has 1 aliphatic rings. The van der Waals surface area contributed by atoms with E-state index in [1.807, 2.05) is 12.3 Å². The van der Waals surface area contributed by atoms with Crippen LogP contribution in [-0.2, 0) is 11.8 Å². The maximum atomic E-state index is 11.7. The van der Waals surface area contributed by atoms with Crippen molar-refractivity contribution in [3.63, 3.8) is 0 Å². The quantitative estimate of drug-likeness (QED) is 0.870. The summed E-state index contributed by atoms with van der Waals surface area (Å²) in [5.41, 5.74) is 0.970. The highest BCUT2D eigenvalue weighted by Gasteiger charge is 2.21. The average Bonchev–Trinajstić information content (AvgIpc) is 2.45. The lowest BCUT2D eigenvalue weighted by atomic mass is 10.0. The van der Waals surface area contributed by atoms with Crippen LogP contribution in [-0.4, -0.2) is 60.0 Å². The number of hydrogen-bond acceptors (Lipinski definition) is 4. The van der Waals surface area contributed by atoms with Gasteiger partial charge in [-0.05, 0) is 18.9 Å². The van der Waals surface area contributed by atoms with Gasteiger partial charge >= 0.3 is 0 Å². The largest absolute Gasteiger partial charge is 0.381 e. The molecular formula is C15H24N4O2. The predicted octanol–water partition coefficient (Wildman–Crippen LogP) is 0.350. The van der Waals surface area contributed by atoms with Gasteiger partial charge in [0.2, 0.25) is 11.5 Å². The molecule has 0 atom stereocenters. The second-order valence-corrected chi connectivity index (χ2v) is 5.85. The molecule has 0 aliphatic carbocycles. The van der Waals surface area contributed by atoms with E-state index in [-0.39, 0.29) is 11.5 Å². The molecule has 0 spiro atoms. The number of likely N-dealkylation sites (tertiary alicyclic amines) is 1. The number of carbonyl (C=O) groups excluding carboxylic acids is 1. The van der Waals surface area contributed by atoms with Gasteiger partial charge < -0.3 is 14.8 Å². The number of aryl methyl sites for hydroxylation is 1. The molecule has 1 saturated heterocycles. The van der Waals surface area contributed by atoms with Gasteiger partial charge in [0.1, 0.15) is 0 Å². The second-order valence-electron chi connectivity index (χ2n) is 5.85. The molecule has 0 radical (unpaired) electrons. The molecule has 1 N–H and O–H groups in total. The Bertz CT molecular complexity index is 545. The molecule has 6 nitrogen and oxygen atoms in total. The summed E-state index contributed by atoms with van der Waals surface area (Å²) in [5.74, 6) is 0.152. The molecule has 1 aromatic rings. The van der Waals surface area contributed by atoms with E-state index in [4.69, 9.17) is 0 Å². The fraction of sp³-hybridized carbons (Fsp3) is 0.600. The van der Waals surface area contributed by atoms with Crippen LogP contribution in [0.4, 0.5) is 5.69 Å². The average molecular weight is 292 g/mol. The third kappa shape index (κ3) is 4.32. The van der Waals surface area contributed by atoms with Gasteiger partial charge in [0.15, 0.2) is 0 Å². The van der Waals surface area contributed by atoms with Gasteiger partial charge in [0.25, 0.3) is 0 Å². The Hall–Kier alpha value is -1.82. The molecule has 116 valence electrons. The van der Waals surface area contributed by atoms with Gasteiger partial charge in [-0.3, -0.25) is 14.5 Å². The van der Waals surface area contributed by atoms with Gasteiger partial charge in [0.05, 0.1) is 12.2 Å². The van der Waals surface area contributed by atoms with E-state index in [1.54, 1.807) is 36.7 Å². The lowest BCUT2D eigenvalue weighted by Gasteiger charge is -2.32. The zero-order chi connectivity index (χ0) is 15.4. The van der Waals surface area contributed by atoms with E-state index in [9.17, 15) is 9.59 Å². The maximum Gasteiger partial charge on any atom is 0.250 e. The number of nitrogens with one attached hydrogen (secondary N) is 1. The van der Waals surface area contributed by atoms with E-state index < -0.39 is 0 Å². The Morgan fingerprint density at radius 3 is 2.57 bits per heavy atom. The Balaban J connectivity index is 1.82. The summed E-state index contributed by atoms with van der Waals surface area (Å²) >= 11 is 0. The van der Waals surface area contributed by atoms with Crippen molar-refractivity contribution in [3.8, 4) is 0 Å². The monoisotopic (exact) mass is 292 g/mol. The summed E-state index contributed by atoms with van der Waals surface area (Å²) in [4.78, 5) is 26.9. The molecule has 2 heterocycles. The van der Waals surface area contributed by atoms with Crippen LogP contribution in [0.15, 0.2) is 23.1 Å². The normalized spacial score (nSPS) is 16.7. The minimum absolute atomic E-state index is 0.00225. The smallest absolute Gasteiger partial charge is 0.250 e. The highest BCUT2D eigenvalue weighted by Crippen LogP contribution is 2.15. The number of aromatic nitrogens is 1. The van der Waals surface area contributed by atoms with E-state index in [0.29, 0.717) is 12.6 Å². The van der Waals surface area contributed by atoms with Crippen LogP contribution < -0.4 is 10.9 Å². The fourth-order valence-electron chi connectivity index (χ4n) is 2.48. The third-order valence-corrected chi connectivity index (χ3v) is 3.90. The molecular weight excluding hydrogens is 268 g/mol. The minimum atomic E-state index is -0.00225. The summed E-state index contributed by atoms with van der Waals surface area (Å²) in [6.07, 6.45) is 3.83. The highest BCUT2D eigenvalue weighted by atomic mass is 16.2. The molecule has 1 aromatic heterocycles. The van der Waals surface area contributed by atoms with Crippen molar-refractivity contribution >= 4 is 11.6 Å². The first-order valence-electron chi connectivity index (χ1n) is 7.31. The van der Waals surface area contributed by atoms with E-state index >= 15 is 0 Å². The van der Waals surface area contributed by atoms with Crippen LogP contribution in [0.25, 0.3) is 0 Å². The van der Waals surface area contributed by atoms with E-state index in [1.165, 1.54) is 0 Å². The first kappa shape index (κ1) is 15.6. The minimum Gasteiger partial charge on any atom is -0.381 e. The van der Waals surface area contributed by atoms with Crippen molar-refractivity contribution < 1.29 is 4.79 Å². The SMILES string of the molecule is CN(C)C(=O)CN1CCC(Nc2ccc(=O)n(C)c2)CC1. The zero-order valence-corrected chi connectivity index (χ0v) is 13.0. The van der Waals surface area contributed by atoms with Crippen LogP contribution in [0.2, 0.25) is 0 Å². The first-order valence-corrected chi connectivity index (χ1v) is 7.31. The molecule has 21 heavy (non-hydrogen) atoms. The van der Waals surface area contributed by atoms with Crippen LogP contribution in [0.3, 0.4) is 0 Å². The Morgan fingerprint density at radius 2 is 2.00 bits per heavy atom. The highest BCUT2D eigenvalue weighted by molar-refractivity contribution is 5.77. The topological polar surface area (TPSA) is 57.6 Å². The van der Waals surface area contributed by atoms with Crippen molar-refractivity contribution in [2.24, 2.45) is 7.05 Å². The number of piperidine rings is 1. The number of pyridine rings is 1. The summed E-state index contributed by atoms with van der Waals surface area (Å²) in [6, 6.07) is 3.80. The molecule has 0 saturated carbocycles. The van der Waals surface area contributed by atoms with Crippen molar-refractivity contribution in [3.05, 3.63) is 28.7 Å². The number of hydrogen-bond donors (Lipinski definition) is 1. The summed E-state index contributed by atoms with van der Waals surface area (Å²) in [6.45, 7) is 2.34. The van der Waals surface area contributed by atoms with Gasteiger partial charge in [-0.25, -0.2) is 0 Å². The van der Waals surface area contributed by atoms with Crippen LogP contribution in [0.1, 0.15) is 12.8 Å². The predicted molar refractivity (Wildman–Crippen MR) is 83.5 cm³/mol. The molecule has 0 bridgehead atoms. The molecule has 1 fully saturated rings. The second kappa shape index (κ2) is 6.76. The first-order chi connectivity index (χ1) is 9.95. The molecule has 0 aromatic carbocycles. The van der Waals surface area contributed by atoms with Gasteiger partial charge in [0, 0.05) is 52.5 Å². The third-order valence-electron chi connectivity index (χ3n) is 3.90. The summed E-state index contributed by atoms with van der Waals surface area (Å²) in [7, 11) is 5.33. The van der Waals surface area contributed by atoms with Gasteiger partial charge in [-0.15, -0.1) is 0 Å². The fourth-order valence-corrected chi connectivity index (χ4v) is 2.48. The Morgan fingerprint density at radius 1 is 1.33 bits per heavy atom. The number of likely N-dealkylation sites (N-methyl/N-ethyl adjacent to an activating group) is 1. The lowest BCUT2D eigenvalue weighted by molar-refractivity contribution is -0.130. The van der Waals surface area contributed by atoms with Crippen LogP contribution in [0.5, 0.6) is 0 Å². The van der Waals surface area contributed by atoms with Crippen molar-refractivity contribution in [1.82, 2.24) is 14.4 Å². The van der Waals surface area contributed by atoms with Crippen molar-refractivity contribution in [1.29, 1.82) is 0 Å². The van der Waals surface area contributed by atoms with E-state index in [0.717, 1.165) is 31.6 Å². The molecule has 0 unspecified atom stereocenters. The maximum absolute atomic E-state index is 11.7. The Kier molecular flexibility index (Phi) is 5.01. The lowest BCUT2D eigenvalue weighted by Crippen LogP contribution is -2.44. The van der Waals surface area contributed by atoms with Gasteiger partial charge in [-0.2, -0.15) is 0 Å². The van der Waals surface area contributed by atoms with Crippen LogP contribution >= 0.6 is 0 Å². The van der Waals surface area contributed by atoms with E-state index in [2.05, 4.69) is 10.2 Å². The number of nitrogens with zero attached hydrogens (tertiary/aromatic N) is 3. The molecule has 6 heteroatoms.